The molecule has 1 aliphatic rings. The minimum absolute atomic E-state index is 0.0591. The number of aromatic nitrogens is 2. The fraction of sp³-hybridized carbons (Fsp3) is 0.375. The molecule has 1 N–H and O–H groups in total. The Kier molecular flexibility index (Phi) is 6.04. The summed E-state index contributed by atoms with van der Waals surface area (Å²) < 4.78 is 14.0. The molecule has 1 aliphatic heterocycles. The summed E-state index contributed by atoms with van der Waals surface area (Å²) in [5.41, 5.74) is 0.363. The van der Waals surface area contributed by atoms with Gasteiger partial charge in [-0.15, -0.1) is 10.2 Å². The van der Waals surface area contributed by atoms with E-state index in [1.807, 2.05) is 0 Å². The average molecular weight is 395 g/mol. The van der Waals surface area contributed by atoms with Gasteiger partial charge in [0.1, 0.15) is 5.82 Å². The minimum atomic E-state index is -0.412. The molecule has 138 valence electrons. The Morgan fingerprint density at radius 2 is 2.04 bits per heavy atom. The molecular formula is C16H18FN5O2S2. The van der Waals surface area contributed by atoms with Gasteiger partial charge in [0.25, 0.3) is 5.91 Å². The zero-order valence-electron chi connectivity index (χ0n) is 14.1. The number of hydrogen-bond donors (Lipinski definition) is 1. The van der Waals surface area contributed by atoms with Crippen molar-refractivity contribution in [1.82, 2.24) is 20.4 Å². The number of nitrogens with one attached hydrogen (secondary N) is 1. The number of piperazine rings is 1. The van der Waals surface area contributed by atoms with Crippen molar-refractivity contribution in [3.05, 3.63) is 35.6 Å². The third kappa shape index (κ3) is 4.50. The van der Waals surface area contributed by atoms with Crippen molar-refractivity contribution in [2.75, 3.05) is 43.9 Å². The van der Waals surface area contributed by atoms with E-state index in [1.165, 1.54) is 41.3 Å². The van der Waals surface area contributed by atoms with Crippen LogP contribution in [0, 0.1) is 5.82 Å². The van der Waals surface area contributed by atoms with Crippen molar-refractivity contribution in [3.8, 4) is 0 Å². The molecule has 26 heavy (non-hydrogen) atoms. The molecule has 2 amide bonds. The fourth-order valence-corrected chi connectivity index (χ4v) is 4.26. The van der Waals surface area contributed by atoms with E-state index in [2.05, 4.69) is 20.4 Å². The van der Waals surface area contributed by atoms with Crippen molar-refractivity contribution in [2.45, 2.75) is 4.34 Å². The van der Waals surface area contributed by atoms with Crippen LogP contribution >= 0.6 is 23.1 Å². The van der Waals surface area contributed by atoms with E-state index in [4.69, 9.17) is 0 Å². The van der Waals surface area contributed by atoms with Crippen LogP contribution in [-0.2, 0) is 4.79 Å². The minimum Gasteiger partial charge on any atom is -0.358 e. The monoisotopic (exact) mass is 395 g/mol. The van der Waals surface area contributed by atoms with Gasteiger partial charge in [0, 0.05) is 38.8 Å². The molecule has 7 nitrogen and oxygen atoms in total. The van der Waals surface area contributed by atoms with E-state index < -0.39 is 5.82 Å². The number of nitrogens with zero attached hydrogens (tertiary/aromatic N) is 4. The van der Waals surface area contributed by atoms with Crippen LogP contribution in [0.2, 0.25) is 0 Å². The molecule has 0 bridgehead atoms. The molecule has 1 fully saturated rings. The Morgan fingerprint density at radius 3 is 2.73 bits per heavy atom. The number of rotatable bonds is 5. The van der Waals surface area contributed by atoms with Crippen molar-refractivity contribution >= 4 is 40.0 Å². The highest BCUT2D eigenvalue weighted by Gasteiger charge is 2.24. The third-order valence-corrected chi connectivity index (χ3v) is 6.03. The standard InChI is InChI=1S/C16H18FN5O2S2/c1-18-13(23)10-25-16-20-19-15(26-16)22-7-5-21(6-8-22)14(24)11-3-2-4-12(17)9-11/h2-4,9H,5-8,10H2,1H3,(H,18,23). The maximum Gasteiger partial charge on any atom is 0.254 e. The summed E-state index contributed by atoms with van der Waals surface area (Å²) in [6.07, 6.45) is 0. The molecule has 0 saturated carbocycles. The van der Waals surface area contributed by atoms with Crippen molar-refractivity contribution in [2.24, 2.45) is 0 Å². The number of thioether (sulfide) groups is 1. The van der Waals surface area contributed by atoms with Crippen molar-refractivity contribution in [1.29, 1.82) is 0 Å². The Hall–Kier alpha value is -2.20. The Morgan fingerprint density at radius 1 is 1.27 bits per heavy atom. The lowest BCUT2D eigenvalue weighted by molar-refractivity contribution is -0.118. The predicted octanol–water partition coefficient (Wildman–Crippen LogP) is 1.48. The zero-order valence-corrected chi connectivity index (χ0v) is 15.8. The molecule has 0 unspecified atom stereocenters. The molecule has 0 spiro atoms. The second kappa shape index (κ2) is 8.45. The van der Waals surface area contributed by atoms with Gasteiger partial charge in [-0.1, -0.05) is 29.2 Å². The summed E-state index contributed by atoms with van der Waals surface area (Å²) in [6.45, 7) is 2.34. The van der Waals surface area contributed by atoms with Crippen LogP contribution in [0.4, 0.5) is 9.52 Å². The molecular weight excluding hydrogens is 377 g/mol. The van der Waals surface area contributed by atoms with E-state index in [9.17, 15) is 14.0 Å². The van der Waals surface area contributed by atoms with E-state index in [0.717, 1.165) is 9.47 Å². The lowest BCUT2D eigenvalue weighted by Gasteiger charge is -2.34. The quantitative estimate of drug-likeness (QED) is 0.773. The summed E-state index contributed by atoms with van der Waals surface area (Å²) in [5.74, 6) is -0.328. The molecule has 3 rings (SSSR count). The highest BCUT2D eigenvalue weighted by atomic mass is 32.2. The van der Waals surface area contributed by atoms with E-state index >= 15 is 0 Å². The van der Waals surface area contributed by atoms with Gasteiger partial charge in [-0.25, -0.2) is 4.39 Å². The first-order chi connectivity index (χ1) is 12.6. The molecule has 10 heteroatoms. The van der Waals surface area contributed by atoms with Gasteiger partial charge in [0.2, 0.25) is 11.0 Å². The number of anilines is 1. The predicted molar refractivity (Wildman–Crippen MR) is 99.2 cm³/mol. The van der Waals surface area contributed by atoms with Gasteiger partial charge in [-0.2, -0.15) is 0 Å². The molecule has 1 aromatic heterocycles. The van der Waals surface area contributed by atoms with Gasteiger partial charge in [0.05, 0.1) is 5.75 Å². The normalized spacial score (nSPS) is 14.4. The van der Waals surface area contributed by atoms with E-state index in [-0.39, 0.29) is 11.8 Å². The summed E-state index contributed by atoms with van der Waals surface area (Å²) >= 11 is 2.78. The van der Waals surface area contributed by atoms with Crippen LogP contribution in [0.25, 0.3) is 0 Å². The molecule has 0 atom stereocenters. The van der Waals surface area contributed by atoms with Crippen LogP contribution in [0.1, 0.15) is 10.4 Å². The third-order valence-electron chi connectivity index (χ3n) is 3.91. The first-order valence-electron chi connectivity index (χ1n) is 8.03. The molecule has 1 aromatic carbocycles. The number of amides is 2. The van der Waals surface area contributed by atoms with Crippen LogP contribution in [-0.4, -0.2) is 65.9 Å². The van der Waals surface area contributed by atoms with E-state index in [0.29, 0.717) is 37.5 Å². The number of carbonyl (C=O) groups is 2. The van der Waals surface area contributed by atoms with Gasteiger partial charge in [0.15, 0.2) is 4.34 Å². The zero-order chi connectivity index (χ0) is 18.5. The molecule has 0 radical (unpaired) electrons. The highest BCUT2D eigenvalue weighted by molar-refractivity contribution is 8.01. The van der Waals surface area contributed by atoms with Crippen molar-refractivity contribution in [3.63, 3.8) is 0 Å². The summed E-state index contributed by atoms with van der Waals surface area (Å²) in [7, 11) is 1.60. The highest BCUT2D eigenvalue weighted by Crippen LogP contribution is 2.28. The van der Waals surface area contributed by atoms with Gasteiger partial charge < -0.3 is 15.1 Å². The van der Waals surface area contributed by atoms with Crippen molar-refractivity contribution < 1.29 is 14.0 Å². The maximum absolute atomic E-state index is 13.3. The number of carbonyl (C=O) groups excluding carboxylic acids is 2. The Balaban J connectivity index is 1.54. The first kappa shape index (κ1) is 18.6. The molecule has 0 aliphatic carbocycles. The van der Waals surface area contributed by atoms with Gasteiger partial charge in [-0.05, 0) is 18.2 Å². The second-order valence-electron chi connectivity index (χ2n) is 5.60. The van der Waals surface area contributed by atoms with Crippen LogP contribution < -0.4 is 10.2 Å². The molecule has 2 heterocycles. The first-order valence-corrected chi connectivity index (χ1v) is 9.83. The van der Waals surface area contributed by atoms with E-state index in [1.54, 1.807) is 18.0 Å². The van der Waals surface area contributed by atoms with Gasteiger partial charge in [-0.3, -0.25) is 9.59 Å². The summed E-state index contributed by atoms with van der Waals surface area (Å²) in [4.78, 5) is 27.5. The Labute approximate surface area is 158 Å². The van der Waals surface area contributed by atoms with Crippen LogP contribution in [0.15, 0.2) is 28.6 Å². The van der Waals surface area contributed by atoms with Crippen LogP contribution in [0.3, 0.4) is 0 Å². The topological polar surface area (TPSA) is 78.4 Å². The SMILES string of the molecule is CNC(=O)CSc1nnc(N2CCN(C(=O)c3cccc(F)c3)CC2)s1. The lowest BCUT2D eigenvalue weighted by Crippen LogP contribution is -2.48. The van der Waals surface area contributed by atoms with Crippen LogP contribution in [0.5, 0.6) is 0 Å². The maximum atomic E-state index is 13.3. The summed E-state index contributed by atoms with van der Waals surface area (Å²) in [5, 5.41) is 11.6. The lowest BCUT2D eigenvalue weighted by atomic mass is 10.2. The average Bonchev–Trinajstić information content (AvgIpc) is 3.14. The second-order valence-corrected chi connectivity index (χ2v) is 7.78. The Bertz CT molecular complexity index is 792. The summed E-state index contributed by atoms with van der Waals surface area (Å²) in [6, 6.07) is 5.75. The van der Waals surface area contributed by atoms with Gasteiger partial charge >= 0.3 is 0 Å². The number of halogens is 1. The largest absolute Gasteiger partial charge is 0.358 e. The number of benzene rings is 1. The number of hydrogen-bond acceptors (Lipinski definition) is 7. The fourth-order valence-electron chi connectivity index (χ4n) is 2.49. The molecule has 1 saturated heterocycles. The molecule has 2 aromatic rings. The smallest absolute Gasteiger partial charge is 0.254 e.